The quantitative estimate of drug-likeness (QED) is 0.699. The van der Waals surface area contributed by atoms with E-state index in [-0.39, 0.29) is 6.10 Å². The number of imidazole rings is 1. The van der Waals surface area contributed by atoms with Crippen molar-refractivity contribution in [3.63, 3.8) is 0 Å². The SMILES string of the molecule is Cn1ccnc1CNCC(O)COCC1CCCO1. The number of aromatic nitrogens is 2. The summed E-state index contributed by atoms with van der Waals surface area (Å²) in [4.78, 5) is 4.20. The summed E-state index contributed by atoms with van der Waals surface area (Å²) in [6.07, 6.45) is 5.56. The van der Waals surface area contributed by atoms with Crippen LogP contribution in [-0.4, -0.2) is 53.2 Å². The van der Waals surface area contributed by atoms with Gasteiger partial charge in [0.15, 0.2) is 0 Å². The highest BCUT2D eigenvalue weighted by atomic mass is 16.5. The Kier molecular flexibility index (Phi) is 5.78. The van der Waals surface area contributed by atoms with Gasteiger partial charge in [0.1, 0.15) is 5.82 Å². The van der Waals surface area contributed by atoms with Crippen molar-refractivity contribution in [2.75, 3.05) is 26.4 Å². The van der Waals surface area contributed by atoms with Crippen molar-refractivity contribution in [1.82, 2.24) is 14.9 Å². The van der Waals surface area contributed by atoms with E-state index in [1.807, 2.05) is 17.8 Å². The van der Waals surface area contributed by atoms with Crippen LogP contribution in [0.4, 0.5) is 0 Å². The molecule has 2 N–H and O–H groups in total. The average molecular weight is 269 g/mol. The van der Waals surface area contributed by atoms with Crippen molar-refractivity contribution in [3.8, 4) is 0 Å². The van der Waals surface area contributed by atoms with E-state index >= 15 is 0 Å². The number of aliphatic hydroxyl groups excluding tert-OH is 1. The van der Waals surface area contributed by atoms with E-state index in [9.17, 15) is 5.11 Å². The van der Waals surface area contributed by atoms with E-state index in [2.05, 4.69) is 10.3 Å². The van der Waals surface area contributed by atoms with Crippen molar-refractivity contribution >= 4 is 0 Å². The van der Waals surface area contributed by atoms with Crippen LogP contribution < -0.4 is 5.32 Å². The molecule has 6 heteroatoms. The van der Waals surface area contributed by atoms with Crippen LogP contribution in [0.15, 0.2) is 12.4 Å². The lowest BCUT2D eigenvalue weighted by Gasteiger charge is -2.14. The molecule has 1 aromatic rings. The smallest absolute Gasteiger partial charge is 0.122 e. The number of hydrogen-bond acceptors (Lipinski definition) is 5. The van der Waals surface area contributed by atoms with Gasteiger partial charge in [-0.25, -0.2) is 4.98 Å². The predicted molar refractivity (Wildman–Crippen MR) is 70.7 cm³/mol. The van der Waals surface area contributed by atoms with Crippen LogP contribution in [0.5, 0.6) is 0 Å². The molecule has 19 heavy (non-hydrogen) atoms. The van der Waals surface area contributed by atoms with Gasteiger partial charge in [-0.2, -0.15) is 0 Å². The molecule has 1 fully saturated rings. The van der Waals surface area contributed by atoms with E-state index in [0.29, 0.717) is 26.3 Å². The molecule has 0 aromatic carbocycles. The van der Waals surface area contributed by atoms with Gasteiger partial charge in [-0.3, -0.25) is 0 Å². The lowest BCUT2D eigenvalue weighted by molar-refractivity contribution is -0.0165. The van der Waals surface area contributed by atoms with Gasteiger partial charge in [0.05, 0.1) is 32.0 Å². The lowest BCUT2D eigenvalue weighted by Crippen LogP contribution is -2.31. The largest absolute Gasteiger partial charge is 0.389 e. The Balaban J connectivity index is 1.52. The van der Waals surface area contributed by atoms with Crippen LogP contribution in [0.1, 0.15) is 18.7 Å². The third-order valence-electron chi connectivity index (χ3n) is 3.22. The van der Waals surface area contributed by atoms with Crippen LogP contribution in [0, 0.1) is 0 Å². The fourth-order valence-electron chi connectivity index (χ4n) is 2.09. The van der Waals surface area contributed by atoms with Gasteiger partial charge in [-0.15, -0.1) is 0 Å². The zero-order valence-corrected chi connectivity index (χ0v) is 11.4. The maximum Gasteiger partial charge on any atom is 0.122 e. The first-order chi connectivity index (χ1) is 9.25. The molecule has 0 radical (unpaired) electrons. The molecule has 2 rings (SSSR count). The molecule has 0 saturated carbocycles. The molecule has 0 spiro atoms. The molecule has 2 heterocycles. The molecule has 1 aliphatic heterocycles. The Bertz CT molecular complexity index is 364. The number of rotatable bonds is 8. The lowest BCUT2D eigenvalue weighted by atomic mass is 10.2. The summed E-state index contributed by atoms with van der Waals surface area (Å²) in [5.74, 6) is 0.951. The van der Waals surface area contributed by atoms with Crippen LogP contribution >= 0.6 is 0 Å². The maximum absolute atomic E-state index is 9.77. The molecule has 1 aromatic heterocycles. The highest BCUT2D eigenvalue weighted by Crippen LogP contribution is 2.11. The Hall–Kier alpha value is -0.950. The van der Waals surface area contributed by atoms with Crippen molar-refractivity contribution in [3.05, 3.63) is 18.2 Å². The van der Waals surface area contributed by atoms with Crippen molar-refractivity contribution < 1.29 is 14.6 Å². The molecule has 0 bridgehead atoms. The van der Waals surface area contributed by atoms with Gasteiger partial charge < -0.3 is 24.5 Å². The van der Waals surface area contributed by atoms with Gasteiger partial charge in [0, 0.05) is 32.6 Å². The second kappa shape index (κ2) is 7.59. The Labute approximate surface area is 113 Å². The van der Waals surface area contributed by atoms with Crippen LogP contribution in [-0.2, 0) is 23.1 Å². The first-order valence-electron chi connectivity index (χ1n) is 6.80. The van der Waals surface area contributed by atoms with Gasteiger partial charge >= 0.3 is 0 Å². The van der Waals surface area contributed by atoms with Gasteiger partial charge in [-0.1, -0.05) is 0 Å². The van der Waals surface area contributed by atoms with E-state index in [0.717, 1.165) is 25.3 Å². The zero-order valence-electron chi connectivity index (χ0n) is 11.4. The average Bonchev–Trinajstić information content (AvgIpc) is 3.02. The second-order valence-electron chi connectivity index (χ2n) is 4.91. The molecule has 1 aliphatic rings. The first kappa shape index (κ1) is 14.5. The molecular weight excluding hydrogens is 246 g/mol. The maximum atomic E-state index is 9.77. The van der Waals surface area contributed by atoms with Gasteiger partial charge in [0.2, 0.25) is 0 Å². The Morgan fingerprint density at radius 2 is 2.58 bits per heavy atom. The number of nitrogens with one attached hydrogen (secondary N) is 1. The minimum Gasteiger partial charge on any atom is -0.389 e. The van der Waals surface area contributed by atoms with Gasteiger partial charge in [-0.05, 0) is 12.8 Å². The standard InChI is InChI=1S/C13H23N3O3/c1-16-5-4-15-13(16)8-14-7-11(17)9-18-10-12-3-2-6-19-12/h4-5,11-12,14,17H,2-3,6-10H2,1H3. The molecule has 108 valence electrons. The zero-order chi connectivity index (χ0) is 13.5. The van der Waals surface area contributed by atoms with E-state index in [4.69, 9.17) is 9.47 Å². The van der Waals surface area contributed by atoms with E-state index in [1.165, 1.54) is 0 Å². The van der Waals surface area contributed by atoms with Crippen LogP contribution in [0.25, 0.3) is 0 Å². The summed E-state index contributed by atoms with van der Waals surface area (Å²) >= 11 is 0. The fourth-order valence-corrected chi connectivity index (χ4v) is 2.09. The Morgan fingerprint density at radius 3 is 3.26 bits per heavy atom. The summed E-state index contributed by atoms with van der Waals surface area (Å²) < 4.78 is 12.9. The van der Waals surface area contributed by atoms with Crippen molar-refractivity contribution in [2.45, 2.75) is 31.6 Å². The summed E-state index contributed by atoms with van der Waals surface area (Å²) in [5, 5.41) is 12.9. The highest BCUT2D eigenvalue weighted by molar-refractivity contribution is 4.90. The van der Waals surface area contributed by atoms with Crippen molar-refractivity contribution in [2.24, 2.45) is 7.05 Å². The number of aliphatic hydroxyl groups is 1. The predicted octanol–water partition coefficient (Wildman–Crippen LogP) is 0.0662. The number of aryl methyl sites for hydroxylation is 1. The van der Waals surface area contributed by atoms with Crippen molar-refractivity contribution in [1.29, 1.82) is 0 Å². The molecule has 0 aliphatic carbocycles. The molecule has 0 amide bonds. The van der Waals surface area contributed by atoms with E-state index in [1.54, 1.807) is 6.20 Å². The monoisotopic (exact) mass is 269 g/mol. The summed E-state index contributed by atoms with van der Waals surface area (Å²) in [7, 11) is 1.95. The molecule has 2 atom stereocenters. The summed E-state index contributed by atoms with van der Waals surface area (Å²) in [6, 6.07) is 0. The minimum absolute atomic E-state index is 0.215. The fraction of sp³-hybridized carbons (Fsp3) is 0.769. The number of hydrogen-bond donors (Lipinski definition) is 2. The van der Waals surface area contributed by atoms with Crippen LogP contribution in [0.3, 0.4) is 0 Å². The minimum atomic E-state index is -0.498. The van der Waals surface area contributed by atoms with Gasteiger partial charge in [0.25, 0.3) is 0 Å². The molecule has 2 unspecified atom stereocenters. The number of nitrogens with zero attached hydrogens (tertiary/aromatic N) is 2. The Morgan fingerprint density at radius 1 is 1.68 bits per heavy atom. The summed E-state index contributed by atoms with van der Waals surface area (Å²) in [6.45, 7) is 2.90. The molecule has 6 nitrogen and oxygen atoms in total. The normalized spacial score (nSPS) is 20.8. The first-order valence-corrected chi connectivity index (χ1v) is 6.80. The molecule has 1 saturated heterocycles. The third-order valence-corrected chi connectivity index (χ3v) is 3.22. The third kappa shape index (κ3) is 4.91. The molecular formula is C13H23N3O3. The topological polar surface area (TPSA) is 68.5 Å². The van der Waals surface area contributed by atoms with E-state index < -0.39 is 6.10 Å². The second-order valence-corrected chi connectivity index (χ2v) is 4.91. The number of ether oxygens (including phenoxy) is 2. The highest BCUT2D eigenvalue weighted by Gasteiger charge is 2.16. The summed E-state index contributed by atoms with van der Waals surface area (Å²) in [5.41, 5.74) is 0. The van der Waals surface area contributed by atoms with Crippen LogP contribution in [0.2, 0.25) is 0 Å².